The molecular weight excluding hydrogens is 941 g/mol. The number of carbonyl (C=O) groups excluding carboxylic acids is 2. The van der Waals surface area contributed by atoms with Crippen LogP contribution in [0.15, 0.2) is 84.6 Å². The molecule has 2 aliphatic heterocycles. The van der Waals surface area contributed by atoms with Crippen molar-refractivity contribution in [2.24, 2.45) is 0 Å². The lowest BCUT2D eigenvalue weighted by molar-refractivity contribution is -0.147. The number of hydrogen-bond acceptors (Lipinski definition) is 12. The molecule has 376 valence electrons. The number of aliphatic carboxylic acids is 4. The van der Waals surface area contributed by atoms with E-state index in [-0.39, 0.29) is 31.7 Å². The average Bonchev–Trinajstić information content (AvgIpc) is 3.56. The zero-order valence-corrected chi connectivity index (χ0v) is 40.3. The first-order valence-corrected chi connectivity index (χ1v) is 25.2. The molecule has 0 fully saturated rings. The molecule has 2 aromatic rings. The average molecular weight is 1000 g/mol. The Hall–Kier alpha value is -6.36. The van der Waals surface area contributed by atoms with Crippen LogP contribution in [0.5, 0.6) is 0 Å². The zero-order valence-electron chi connectivity index (χ0n) is 38.7. The lowest BCUT2D eigenvalue weighted by atomic mass is 9.79. The van der Waals surface area contributed by atoms with E-state index in [2.05, 4.69) is 15.5 Å². The minimum absolute atomic E-state index is 0.191. The van der Waals surface area contributed by atoms with Crippen molar-refractivity contribution < 1.29 is 75.1 Å². The van der Waals surface area contributed by atoms with Gasteiger partial charge in [-0.3, -0.25) is 28.3 Å². The molecule has 2 aliphatic rings. The van der Waals surface area contributed by atoms with Gasteiger partial charge in [0.15, 0.2) is 0 Å². The van der Waals surface area contributed by atoms with Crippen LogP contribution >= 0.6 is 0 Å². The van der Waals surface area contributed by atoms with Crippen LogP contribution in [0.2, 0.25) is 0 Å². The number of fused-ring (bicyclic) bond motifs is 2. The Morgan fingerprint density at radius 3 is 1.59 bits per heavy atom. The molecule has 2 heterocycles. The largest absolute Gasteiger partial charge is 0.481 e. The molecule has 20 nitrogen and oxygen atoms in total. The van der Waals surface area contributed by atoms with Crippen LogP contribution in [-0.2, 0) is 72.7 Å². The summed E-state index contributed by atoms with van der Waals surface area (Å²) in [5.41, 5.74) is 4.07. The maximum Gasteiger partial charge on any atom is 0.326 e. The Labute approximate surface area is 401 Å². The van der Waals surface area contributed by atoms with Gasteiger partial charge in [-0.15, -0.1) is 0 Å². The van der Waals surface area contributed by atoms with E-state index in [1.54, 1.807) is 12.1 Å². The summed E-state index contributed by atoms with van der Waals surface area (Å²) in [5.74, 6) is -7.87. The highest BCUT2D eigenvalue weighted by Gasteiger charge is 2.43. The minimum Gasteiger partial charge on any atom is -0.481 e. The second-order valence-corrected chi connectivity index (χ2v) is 21.1. The van der Waals surface area contributed by atoms with Gasteiger partial charge in [0.1, 0.15) is 12.1 Å². The maximum atomic E-state index is 12.8. The van der Waals surface area contributed by atoms with E-state index in [0.29, 0.717) is 37.1 Å². The molecule has 0 aliphatic carbocycles. The highest BCUT2D eigenvalue weighted by Crippen LogP contribution is 2.49. The lowest BCUT2D eigenvalue weighted by Gasteiger charge is -2.32. The third-order valence-electron chi connectivity index (χ3n) is 11.9. The lowest BCUT2D eigenvalue weighted by Crippen LogP contribution is -2.42. The predicted molar refractivity (Wildman–Crippen MR) is 255 cm³/mol. The molecular formula is C47H60N4O16S2. The van der Waals surface area contributed by atoms with Crippen LogP contribution in [0.25, 0.3) is 0 Å². The molecule has 0 spiro atoms. The Bertz CT molecular complexity index is 2640. The van der Waals surface area contributed by atoms with Crippen LogP contribution in [-0.4, -0.2) is 125 Å². The number of allylic oxidation sites excluding steroid dienone is 7. The number of carboxylic acids is 4. The van der Waals surface area contributed by atoms with Crippen LogP contribution in [0.1, 0.15) is 88.5 Å². The van der Waals surface area contributed by atoms with Crippen molar-refractivity contribution in [3.63, 3.8) is 0 Å². The highest BCUT2D eigenvalue weighted by molar-refractivity contribution is 7.86. The summed E-state index contributed by atoms with van der Waals surface area (Å²) in [7, 11) is -8.34. The number of hydrogen-bond donors (Lipinski definition) is 8. The quantitative estimate of drug-likeness (QED) is 0.0375. The van der Waals surface area contributed by atoms with Gasteiger partial charge in [0.25, 0.3) is 20.2 Å². The Morgan fingerprint density at radius 2 is 1.10 bits per heavy atom. The SMILES string of the molecule is CC1(C)C(=CC=CC=CC=CC2N(CCCCS(=O)(=O)O)c3ccc(CC(=O)NC(CC(=O)O)C(=O)O)cc3C2(C)C)N(CCCCS(=O)(=O)O)c2ccc(CC(=O)NC(CC(=O)O)C(=O)O)cc21. The molecule has 8 N–H and O–H groups in total. The van der Waals surface area contributed by atoms with E-state index in [1.165, 1.54) is 0 Å². The fourth-order valence-corrected chi connectivity index (χ4v) is 9.71. The van der Waals surface area contributed by atoms with Gasteiger partial charge in [0, 0.05) is 41.0 Å². The number of anilines is 2. The Kier molecular flexibility index (Phi) is 18.6. The number of nitrogens with zero attached hydrogens (tertiary/aromatic N) is 2. The van der Waals surface area contributed by atoms with Gasteiger partial charge in [-0.05, 0) is 66.1 Å². The number of benzene rings is 2. The molecule has 0 radical (unpaired) electrons. The van der Waals surface area contributed by atoms with E-state index in [1.807, 2.05) is 99.4 Å². The number of nitrogens with one attached hydrogen (secondary N) is 2. The third kappa shape index (κ3) is 15.8. The highest BCUT2D eigenvalue weighted by atomic mass is 32.2. The molecule has 4 rings (SSSR count). The Morgan fingerprint density at radius 1 is 0.638 bits per heavy atom. The zero-order chi connectivity index (χ0) is 51.5. The molecule has 3 unspecified atom stereocenters. The predicted octanol–water partition coefficient (Wildman–Crippen LogP) is 4.01. The van der Waals surface area contributed by atoms with Gasteiger partial charge in [-0.25, -0.2) is 9.59 Å². The summed E-state index contributed by atoms with van der Waals surface area (Å²) in [6.07, 6.45) is 12.2. The smallest absolute Gasteiger partial charge is 0.326 e. The van der Waals surface area contributed by atoms with Gasteiger partial charge in [0.2, 0.25) is 11.8 Å². The minimum atomic E-state index is -4.17. The standard InChI is InChI=1S/C47H60N4O16S2/c1-46(2)32-24-30(26-40(52)48-34(44(58)59)28-42(54)55)16-18-36(32)50(20-10-12-22-68(62,63)64)38(46)14-8-6-5-7-9-15-39-47(3,4)33-25-31(27-41(53)49-35(45(60)61)29-43(56)57)17-19-37(33)51(39)21-11-13-23-69(65,66)67/h5-9,14-19,24-25,34-35,38H,10-13,20-23,26-29H2,1-4H3,(H,48,52)(H,49,53)(H,54,55)(H,56,57)(H,58,59)(H,60,61)(H,62,63,64)(H,65,66,67). The summed E-state index contributed by atoms with van der Waals surface area (Å²) >= 11 is 0. The fraction of sp³-hybridized carbons (Fsp3) is 0.447. The molecule has 0 saturated heterocycles. The monoisotopic (exact) mass is 1000 g/mol. The normalized spacial score (nSPS) is 17.8. The van der Waals surface area contributed by atoms with Crippen LogP contribution in [0, 0.1) is 0 Å². The number of carbonyl (C=O) groups is 6. The Balaban J connectivity index is 1.57. The fourth-order valence-electron chi connectivity index (χ4n) is 8.58. The summed E-state index contributed by atoms with van der Waals surface area (Å²) in [4.78, 5) is 75.1. The van der Waals surface area contributed by atoms with Gasteiger partial charge in [0.05, 0.1) is 43.2 Å². The molecule has 69 heavy (non-hydrogen) atoms. The van der Waals surface area contributed by atoms with Crippen molar-refractivity contribution in [2.45, 2.75) is 108 Å². The first kappa shape index (κ1) is 55.2. The van der Waals surface area contributed by atoms with Crippen LogP contribution < -0.4 is 20.4 Å². The molecule has 2 aromatic carbocycles. The van der Waals surface area contributed by atoms with Gasteiger partial charge < -0.3 is 40.9 Å². The number of rotatable bonds is 26. The molecule has 0 bridgehead atoms. The summed E-state index contributed by atoms with van der Waals surface area (Å²) < 4.78 is 64.4. The summed E-state index contributed by atoms with van der Waals surface area (Å²) in [5, 5.41) is 41.4. The summed E-state index contributed by atoms with van der Waals surface area (Å²) in [6.45, 7) is 8.78. The molecule has 22 heteroatoms. The summed E-state index contributed by atoms with van der Waals surface area (Å²) in [6, 6.07) is 7.24. The third-order valence-corrected chi connectivity index (χ3v) is 13.5. The molecule has 2 amide bonds. The van der Waals surface area contributed by atoms with E-state index in [4.69, 9.17) is 10.2 Å². The second-order valence-electron chi connectivity index (χ2n) is 18.0. The second kappa shape index (κ2) is 23.3. The van der Waals surface area contributed by atoms with Crippen molar-refractivity contribution in [3.05, 3.63) is 107 Å². The van der Waals surface area contributed by atoms with Gasteiger partial charge in [-0.1, -0.05) is 88.4 Å². The van der Waals surface area contributed by atoms with E-state index < -0.39 is 103 Å². The molecule has 0 aromatic heterocycles. The van der Waals surface area contributed by atoms with Gasteiger partial charge >= 0.3 is 23.9 Å². The van der Waals surface area contributed by atoms with Crippen LogP contribution in [0.3, 0.4) is 0 Å². The van der Waals surface area contributed by atoms with Gasteiger partial charge in [-0.2, -0.15) is 16.8 Å². The first-order valence-electron chi connectivity index (χ1n) is 22.0. The molecule has 3 atom stereocenters. The topological polar surface area (TPSA) is 323 Å². The van der Waals surface area contributed by atoms with Crippen molar-refractivity contribution in [2.75, 3.05) is 34.4 Å². The van der Waals surface area contributed by atoms with Crippen molar-refractivity contribution in [3.8, 4) is 0 Å². The number of carboxylic acid groups (broad SMARTS) is 4. The van der Waals surface area contributed by atoms with Crippen LogP contribution in [0.4, 0.5) is 11.4 Å². The van der Waals surface area contributed by atoms with E-state index in [9.17, 15) is 64.9 Å². The van der Waals surface area contributed by atoms with E-state index >= 15 is 0 Å². The maximum absolute atomic E-state index is 12.8. The van der Waals surface area contributed by atoms with E-state index in [0.717, 1.165) is 28.2 Å². The number of amides is 2. The molecule has 0 saturated carbocycles. The number of unbranched alkanes of at least 4 members (excludes halogenated alkanes) is 2. The first-order chi connectivity index (χ1) is 32.1. The van der Waals surface area contributed by atoms with Crippen molar-refractivity contribution in [1.29, 1.82) is 0 Å². The van der Waals surface area contributed by atoms with Crippen molar-refractivity contribution in [1.82, 2.24) is 10.6 Å². The van der Waals surface area contributed by atoms with Crippen molar-refractivity contribution >= 4 is 67.3 Å².